The van der Waals surface area contributed by atoms with Gasteiger partial charge in [-0.3, -0.25) is 0 Å². The summed E-state index contributed by atoms with van der Waals surface area (Å²) in [5.41, 5.74) is 4.84. The average Bonchev–Trinajstić information content (AvgIpc) is 3.58. The molecular weight excluding hydrogens is 585 g/mol. The Morgan fingerprint density at radius 3 is 2.44 bits per heavy atom. The quantitative estimate of drug-likeness (QED) is 0.177. The van der Waals surface area contributed by atoms with Crippen molar-refractivity contribution in [3.05, 3.63) is 87.6 Å². The van der Waals surface area contributed by atoms with Crippen LogP contribution in [0, 0.1) is 5.92 Å². The first-order valence-corrected chi connectivity index (χ1v) is 15.5. The van der Waals surface area contributed by atoms with E-state index in [0.29, 0.717) is 33.0 Å². The maximum absolute atomic E-state index is 11.7. The van der Waals surface area contributed by atoms with Crippen LogP contribution in [0.15, 0.2) is 65.2 Å². The van der Waals surface area contributed by atoms with Crippen molar-refractivity contribution in [2.24, 2.45) is 5.92 Å². The largest absolute Gasteiger partial charge is 0.489 e. The van der Waals surface area contributed by atoms with Gasteiger partial charge >= 0.3 is 5.97 Å². The number of aromatic carboxylic acids is 1. The van der Waals surface area contributed by atoms with Gasteiger partial charge < -0.3 is 18.9 Å². The molecule has 2 heterocycles. The number of aromatic nitrogens is 3. The molecule has 43 heavy (non-hydrogen) atoms. The minimum Gasteiger partial charge on any atom is -0.489 e. The van der Waals surface area contributed by atoms with Crippen molar-refractivity contribution in [1.82, 2.24) is 14.7 Å². The van der Waals surface area contributed by atoms with Crippen molar-refractivity contribution < 1.29 is 19.2 Å². The van der Waals surface area contributed by atoms with Gasteiger partial charge in [-0.15, -0.1) is 0 Å². The third kappa shape index (κ3) is 6.01. The number of halogens is 2. The molecule has 0 bridgehead atoms. The number of benzene rings is 3. The molecule has 2 aromatic heterocycles. The maximum atomic E-state index is 11.7. The molecule has 9 heteroatoms. The molecule has 222 valence electrons. The zero-order chi connectivity index (χ0) is 30.1. The van der Waals surface area contributed by atoms with Gasteiger partial charge in [-0.05, 0) is 73.4 Å². The number of hydrogen-bond acceptors (Lipinski definition) is 5. The molecule has 0 atom stereocenters. The number of carbonyl (C=O) groups is 1. The highest BCUT2D eigenvalue weighted by Crippen LogP contribution is 2.39. The van der Waals surface area contributed by atoms with Crippen LogP contribution in [-0.2, 0) is 13.2 Å². The van der Waals surface area contributed by atoms with Crippen LogP contribution in [0.4, 0.5) is 0 Å². The summed E-state index contributed by atoms with van der Waals surface area (Å²) in [4.78, 5) is 16.7. The second kappa shape index (κ2) is 12.4. The summed E-state index contributed by atoms with van der Waals surface area (Å²) < 4.78 is 14.2. The first-order valence-electron chi connectivity index (χ1n) is 14.7. The number of ether oxygens (including phenoxy) is 1. The predicted octanol–water partition coefficient (Wildman–Crippen LogP) is 9.65. The Morgan fingerprint density at radius 2 is 1.77 bits per heavy atom. The summed E-state index contributed by atoms with van der Waals surface area (Å²) in [6, 6.07) is 18.3. The highest BCUT2D eigenvalue weighted by Gasteiger charge is 2.24. The molecule has 6 rings (SSSR count). The lowest BCUT2D eigenvalue weighted by Crippen LogP contribution is -2.15. The summed E-state index contributed by atoms with van der Waals surface area (Å²) in [5.74, 6) is 1.91. The van der Waals surface area contributed by atoms with Crippen LogP contribution in [0.25, 0.3) is 33.7 Å². The van der Waals surface area contributed by atoms with Crippen molar-refractivity contribution in [1.29, 1.82) is 0 Å². The molecule has 1 fully saturated rings. The molecule has 1 saturated carbocycles. The number of carboxylic acid groups (broad SMARTS) is 1. The van der Waals surface area contributed by atoms with Crippen LogP contribution < -0.4 is 4.74 Å². The smallest absolute Gasteiger partial charge is 0.335 e. The van der Waals surface area contributed by atoms with Gasteiger partial charge in [0.1, 0.15) is 29.6 Å². The van der Waals surface area contributed by atoms with Crippen molar-refractivity contribution in [2.75, 3.05) is 0 Å². The zero-order valence-electron chi connectivity index (χ0n) is 24.1. The third-order valence-corrected chi connectivity index (χ3v) is 8.83. The monoisotopic (exact) mass is 617 g/mol. The van der Waals surface area contributed by atoms with Crippen LogP contribution in [0.2, 0.25) is 10.0 Å². The Hall–Kier alpha value is -3.81. The fraction of sp³-hybridized carbons (Fsp3) is 0.324. The number of nitrogens with zero attached hydrogens (tertiary/aromatic N) is 3. The van der Waals surface area contributed by atoms with E-state index in [2.05, 4.69) is 9.72 Å². The van der Waals surface area contributed by atoms with Crippen LogP contribution in [0.5, 0.6) is 5.75 Å². The summed E-state index contributed by atoms with van der Waals surface area (Å²) in [7, 11) is 0. The van der Waals surface area contributed by atoms with E-state index in [-0.39, 0.29) is 18.1 Å². The van der Waals surface area contributed by atoms with Gasteiger partial charge in [-0.25, -0.2) is 9.78 Å². The first-order chi connectivity index (χ1) is 20.8. The SMILES string of the molecule is CC(C)c1onc(-c2c(Cl)cccc2Cl)c1COc1ccc(-c2nc3ccc(C(=O)O)cc3n2CC2CCCCC2)cc1. The molecule has 7 nitrogen and oxygen atoms in total. The molecular formula is C34H33Cl2N3O4. The average molecular weight is 619 g/mol. The lowest BCUT2D eigenvalue weighted by molar-refractivity contribution is 0.0697. The van der Waals surface area contributed by atoms with E-state index in [0.717, 1.165) is 40.3 Å². The molecule has 3 aromatic carbocycles. The molecule has 0 saturated heterocycles. The topological polar surface area (TPSA) is 90.4 Å². The second-order valence-electron chi connectivity index (χ2n) is 11.5. The number of rotatable bonds is 9. The summed E-state index contributed by atoms with van der Waals surface area (Å²) in [6.07, 6.45) is 6.09. The lowest BCUT2D eigenvalue weighted by Gasteiger charge is -2.23. The fourth-order valence-electron chi connectivity index (χ4n) is 5.98. The van der Waals surface area contributed by atoms with E-state index in [4.69, 9.17) is 37.4 Å². The first kappa shape index (κ1) is 29.3. The standard InChI is InChI=1S/C34H33Cl2N3O4/c1-20(2)32-25(31(38-43-32)30-26(35)9-6-10-27(30)36)19-42-24-14-11-22(12-15-24)33-37-28-16-13-23(34(40)41)17-29(28)39(33)18-21-7-4-3-5-8-21/h6,9-17,20-21H,3-5,7-8,18-19H2,1-2H3,(H,40,41). The van der Waals surface area contributed by atoms with Crippen LogP contribution in [-0.4, -0.2) is 25.8 Å². The molecule has 0 amide bonds. The fourth-order valence-corrected chi connectivity index (χ4v) is 6.56. The van der Waals surface area contributed by atoms with E-state index in [1.807, 2.05) is 38.1 Å². The van der Waals surface area contributed by atoms with Gasteiger partial charge in [-0.2, -0.15) is 0 Å². The summed E-state index contributed by atoms with van der Waals surface area (Å²) in [6.45, 7) is 5.11. The number of imidazole rings is 1. The molecule has 0 radical (unpaired) electrons. The van der Waals surface area contributed by atoms with Crippen LogP contribution in [0.3, 0.4) is 0 Å². The lowest BCUT2D eigenvalue weighted by atomic mass is 9.89. The molecule has 0 unspecified atom stereocenters. The van der Waals surface area contributed by atoms with Crippen molar-refractivity contribution in [2.45, 2.75) is 65.0 Å². The van der Waals surface area contributed by atoms with Gasteiger partial charge in [0.2, 0.25) is 0 Å². The Morgan fingerprint density at radius 1 is 1.05 bits per heavy atom. The van der Waals surface area contributed by atoms with Crippen molar-refractivity contribution in [3.8, 4) is 28.4 Å². The van der Waals surface area contributed by atoms with Gasteiger partial charge in [0.05, 0.1) is 32.2 Å². The van der Waals surface area contributed by atoms with Crippen molar-refractivity contribution >= 4 is 40.2 Å². The normalized spacial score (nSPS) is 14.1. The second-order valence-corrected chi connectivity index (χ2v) is 12.3. The van der Waals surface area contributed by atoms with Gasteiger partial charge in [-0.1, -0.05) is 67.5 Å². The minimum absolute atomic E-state index is 0.0855. The van der Waals surface area contributed by atoms with E-state index in [1.54, 1.807) is 36.4 Å². The number of hydrogen-bond donors (Lipinski definition) is 1. The predicted molar refractivity (Wildman–Crippen MR) is 169 cm³/mol. The van der Waals surface area contributed by atoms with Gasteiger partial charge in [0.25, 0.3) is 0 Å². The van der Waals surface area contributed by atoms with Crippen molar-refractivity contribution in [3.63, 3.8) is 0 Å². The Labute approximate surface area is 260 Å². The molecule has 1 aliphatic rings. The minimum atomic E-state index is -0.941. The molecule has 1 N–H and O–H groups in total. The Balaban J connectivity index is 1.30. The zero-order valence-corrected chi connectivity index (χ0v) is 25.7. The highest BCUT2D eigenvalue weighted by molar-refractivity contribution is 6.39. The molecule has 0 aliphatic heterocycles. The van der Waals surface area contributed by atoms with E-state index >= 15 is 0 Å². The van der Waals surface area contributed by atoms with Crippen LogP contribution >= 0.6 is 23.2 Å². The van der Waals surface area contributed by atoms with E-state index in [1.165, 1.54) is 32.1 Å². The Kier molecular flexibility index (Phi) is 8.46. The molecule has 0 spiro atoms. The molecule has 1 aliphatic carbocycles. The summed E-state index contributed by atoms with van der Waals surface area (Å²) >= 11 is 13.0. The van der Waals surface area contributed by atoms with E-state index < -0.39 is 5.97 Å². The van der Waals surface area contributed by atoms with Crippen LogP contribution in [0.1, 0.15) is 73.6 Å². The highest BCUT2D eigenvalue weighted by atomic mass is 35.5. The Bertz CT molecular complexity index is 1750. The number of carboxylic acids is 1. The van der Waals surface area contributed by atoms with E-state index in [9.17, 15) is 9.90 Å². The van der Waals surface area contributed by atoms with Gasteiger partial charge in [0.15, 0.2) is 0 Å². The van der Waals surface area contributed by atoms with Gasteiger partial charge in [0, 0.05) is 23.6 Å². The summed E-state index contributed by atoms with van der Waals surface area (Å²) in [5, 5.41) is 14.9. The third-order valence-electron chi connectivity index (χ3n) is 8.20. The maximum Gasteiger partial charge on any atom is 0.335 e. The molecule has 5 aromatic rings. The number of fused-ring (bicyclic) bond motifs is 1.